The number of rotatable bonds is 5. The molecular weight excluding hydrogens is 331 g/mol. The topological polar surface area (TPSA) is 101 Å². The molecule has 3 atom stereocenters. The van der Waals surface area contributed by atoms with Crippen LogP contribution in [0.15, 0.2) is 0 Å². The standard InChI is InChI=1S/C13H18F3N5O3/c14-13(15,16)24-7-4-8(17-5-7)12(22)18-6-10-19-11(21-20-10)9-2-1-3-23-9/h7-9,17H,1-6H2,(H,18,22)(H,19,20,21)/t7-,8+,9?/m1/s1. The molecule has 2 aliphatic heterocycles. The van der Waals surface area contributed by atoms with Crippen LogP contribution in [0.5, 0.6) is 0 Å². The largest absolute Gasteiger partial charge is 0.522 e. The summed E-state index contributed by atoms with van der Waals surface area (Å²) in [5.41, 5.74) is 0. The SMILES string of the molecule is O=C(NCc1nc(C2CCCO2)n[nH]1)[C@@H]1C[C@@H](OC(F)(F)F)CN1. The Morgan fingerprint density at radius 2 is 2.29 bits per heavy atom. The number of amides is 1. The van der Waals surface area contributed by atoms with Gasteiger partial charge in [-0.3, -0.25) is 14.6 Å². The van der Waals surface area contributed by atoms with Gasteiger partial charge in [-0.15, -0.1) is 13.2 Å². The molecule has 0 radical (unpaired) electrons. The average Bonchev–Trinajstić information content (AvgIpc) is 3.23. The number of alkyl halides is 3. The molecule has 8 nitrogen and oxygen atoms in total. The van der Waals surface area contributed by atoms with Crippen molar-refractivity contribution in [2.45, 2.75) is 50.4 Å². The van der Waals surface area contributed by atoms with E-state index in [0.717, 1.165) is 12.8 Å². The monoisotopic (exact) mass is 349 g/mol. The van der Waals surface area contributed by atoms with Crippen molar-refractivity contribution in [1.82, 2.24) is 25.8 Å². The predicted molar refractivity (Wildman–Crippen MR) is 73.5 cm³/mol. The number of nitrogens with zero attached hydrogens (tertiary/aromatic N) is 2. The Morgan fingerprint density at radius 3 is 3.00 bits per heavy atom. The summed E-state index contributed by atoms with van der Waals surface area (Å²) < 4.78 is 45.8. The summed E-state index contributed by atoms with van der Waals surface area (Å²) in [5, 5.41) is 12.1. The second kappa shape index (κ2) is 7.03. The molecule has 2 saturated heterocycles. The first-order valence-electron chi connectivity index (χ1n) is 7.69. The molecule has 2 aliphatic rings. The van der Waals surface area contributed by atoms with Gasteiger partial charge < -0.3 is 15.4 Å². The fourth-order valence-corrected chi connectivity index (χ4v) is 2.79. The van der Waals surface area contributed by atoms with Gasteiger partial charge in [0.15, 0.2) is 5.82 Å². The zero-order chi connectivity index (χ0) is 17.2. The molecule has 3 heterocycles. The molecule has 3 rings (SSSR count). The van der Waals surface area contributed by atoms with Crippen LogP contribution in [0.2, 0.25) is 0 Å². The molecule has 1 aromatic rings. The van der Waals surface area contributed by atoms with Gasteiger partial charge >= 0.3 is 6.36 Å². The number of H-pyrrole nitrogens is 1. The molecule has 0 aromatic carbocycles. The third-order valence-corrected chi connectivity index (χ3v) is 3.90. The minimum absolute atomic E-state index is 0.0247. The highest BCUT2D eigenvalue weighted by atomic mass is 19.4. The summed E-state index contributed by atoms with van der Waals surface area (Å²) in [6.07, 6.45) is -4.10. The van der Waals surface area contributed by atoms with Crippen molar-refractivity contribution in [3.8, 4) is 0 Å². The van der Waals surface area contributed by atoms with Crippen LogP contribution in [-0.2, 0) is 20.8 Å². The van der Waals surface area contributed by atoms with E-state index >= 15 is 0 Å². The lowest BCUT2D eigenvalue weighted by Gasteiger charge is -2.13. The second-order valence-electron chi connectivity index (χ2n) is 5.74. The van der Waals surface area contributed by atoms with Crippen molar-refractivity contribution in [1.29, 1.82) is 0 Å². The van der Waals surface area contributed by atoms with Crippen molar-refractivity contribution < 1.29 is 27.4 Å². The minimum atomic E-state index is -4.70. The lowest BCUT2D eigenvalue weighted by molar-refractivity contribution is -0.340. The van der Waals surface area contributed by atoms with Gasteiger partial charge in [-0.25, -0.2) is 4.98 Å². The number of hydrogen-bond donors (Lipinski definition) is 3. The summed E-state index contributed by atoms with van der Waals surface area (Å²) >= 11 is 0. The molecular formula is C13H18F3N5O3. The molecule has 0 spiro atoms. The van der Waals surface area contributed by atoms with E-state index in [1.807, 2.05) is 0 Å². The molecule has 1 unspecified atom stereocenters. The molecule has 1 aromatic heterocycles. The Morgan fingerprint density at radius 1 is 1.46 bits per heavy atom. The predicted octanol–water partition coefficient (Wildman–Crippen LogP) is 0.539. The maximum atomic E-state index is 12.2. The van der Waals surface area contributed by atoms with Crippen LogP contribution in [0.1, 0.15) is 37.0 Å². The number of carbonyl (C=O) groups excluding carboxylic acids is 1. The van der Waals surface area contributed by atoms with Gasteiger partial charge in [0.1, 0.15) is 11.9 Å². The first kappa shape index (κ1) is 17.1. The van der Waals surface area contributed by atoms with Crippen molar-refractivity contribution in [2.24, 2.45) is 0 Å². The van der Waals surface area contributed by atoms with Crippen LogP contribution in [0.4, 0.5) is 13.2 Å². The Balaban J connectivity index is 1.44. The molecule has 11 heteroatoms. The maximum Gasteiger partial charge on any atom is 0.522 e. The number of aromatic amines is 1. The summed E-state index contributed by atoms with van der Waals surface area (Å²) in [5.74, 6) is 0.614. The van der Waals surface area contributed by atoms with E-state index in [4.69, 9.17) is 4.74 Å². The van der Waals surface area contributed by atoms with E-state index in [1.165, 1.54) is 0 Å². The molecule has 0 bridgehead atoms. The van der Waals surface area contributed by atoms with E-state index in [2.05, 4.69) is 30.6 Å². The Kier molecular flexibility index (Phi) is 5.01. The zero-order valence-electron chi connectivity index (χ0n) is 12.7. The summed E-state index contributed by atoms with van der Waals surface area (Å²) in [6.45, 7) is 0.768. The summed E-state index contributed by atoms with van der Waals surface area (Å²) in [7, 11) is 0. The fourth-order valence-electron chi connectivity index (χ4n) is 2.79. The van der Waals surface area contributed by atoms with Crippen LogP contribution in [-0.4, -0.2) is 52.7 Å². The number of nitrogens with one attached hydrogen (secondary N) is 3. The lowest BCUT2D eigenvalue weighted by atomic mass is 10.2. The van der Waals surface area contributed by atoms with Gasteiger partial charge in [-0.2, -0.15) is 5.10 Å². The summed E-state index contributed by atoms with van der Waals surface area (Å²) in [4.78, 5) is 16.2. The van der Waals surface area contributed by atoms with Crippen molar-refractivity contribution in [3.05, 3.63) is 11.6 Å². The quantitative estimate of drug-likeness (QED) is 0.717. The van der Waals surface area contributed by atoms with Crippen molar-refractivity contribution >= 4 is 5.91 Å². The van der Waals surface area contributed by atoms with Gasteiger partial charge in [0.25, 0.3) is 0 Å². The van der Waals surface area contributed by atoms with Crippen molar-refractivity contribution in [3.63, 3.8) is 0 Å². The Hall–Kier alpha value is -1.72. The Bertz CT molecular complexity index is 573. The molecule has 134 valence electrons. The van der Waals surface area contributed by atoms with Gasteiger partial charge in [-0.05, 0) is 19.3 Å². The Labute approximate surface area is 135 Å². The highest BCUT2D eigenvalue weighted by Crippen LogP contribution is 2.25. The molecule has 0 aliphatic carbocycles. The van der Waals surface area contributed by atoms with E-state index < -0.39 is 24.4 Å². The van der Waals surface area contributed by atoms with E-state index in [9.17, 15) is 18.0 Å². The normalized spacial score (nSPS) is 27.5. The van der Waals surface area contributed by atoms with Gasteiger partial charge in [0.05, 0.1) is 18.7 Å². The molecule has 1 amide bonds. The average molecular weight is 349 g/mol. The van der Waals surface area contributed by atoms with Gasteiger partial charge in [-0.1, -0.05) is 0 Å². The van der Waals surface area contributed by atoms with Crippen LogP contribution in [0, 0.1) is 0 Å². The van der Waals surface area contributed by atoms with Crippen LogP contribution < -0.4 is 10.6 Å². The third kappa shape index (κ3) is 4.42. The second-order valence-corrected chi connectivity index (χ2v) is 5.74. The number of carbonyl (C=O) groups is 1. The maximum absolute atomic E-state index is 12.2. The van der Waals surface area contributed by atoms with Crippen LogP contribution >= 0.6 is 0 Å². The number of hydrogen-bond acceptors (Lipinski definition) is 6. The first-order chi connectivity index (χ1) is 11.4. The van der Waals surface area contributed by atoms with Gasteiger partial charge in [0, 0.05) is 13.2 Å². The lowest BCUT2D eigenvalue weighted by Crippen LogP contribution is -2.40. The summed E-state index contributed by atoms with van der Waals surface area (Å²) in [6, 6.07) is -0.724. The minimum Gasteiger partial charge on any atom is -0.370 e. The smallest absolute Gasteiger partial charge is 0.370 e. The van der Waals surface area contributed by atoms with Gasteiger partial charge in [0.2, 0.25) is 5.91 Å². The third-order valence-electron chi connectivity index (χ3n) is 3.90. The number of aromatic nitrogens is 3. The van der Waals surface area contributed by atoms with E-state index in [0.29, 0.717) is 18.3 Å². The van der Waals surface area contributed by atoms with Crippen molar-refractivity contribution in [2.75, 3.05) is 13.2 Å². The zero-order valence-corrected chi connectivity index (χ0v) is 12.7. The van der Waals surface area contributed by atoms with E-state index in [1.54, 1.807) is 0 Å². The molecule has 24 heavy (non-hydrogen) atoms. The highest BCUT2D eigenvalue weighted by Gasteiger charge is 2.38. The molecule has 0 saturated carbocycles. The van der Waals surface area contributed by atoms with Crippen LogP contribution in [0.3, 0.4) is 0 Å². The number of ether oxygens (including phenoxy) is 2. The van der Waals surface area contributed by atoms with E-state index in [-0.39, 0.29) is 25.6 Å². The fraction of sp³-hybridized carbons (Fsp3) is 0.769. The molecule has 2 fully saturated rings. The molecule has 3 N–H and O–H groups in total. The number of halogens is 3. The highest BCUT2D eigenvalue weighted by molar-refractivity contribution is 5.82. The first-order valence-corrected chi connectivity index (χ1v) is 7.69. The van der Waals surface area contributed by atoms with Crippen LogP contribution in [0.25, 0.3) is 0 Å².